The van der Waals surface area contributed by atoms with Crippen LogP contribution in [0.2, 0.25) is 0 Å². The van der Waals surface area contributed by atoms with Crippen LogP contribution in [0.1, 0.15) is 24.4 Å². The first-order valence-corrected chi connectivity index (χ1v) is 6.45. The third kappa shape index (κ3) is 3.34. The molecular weight excluding hydrogens is 262 g/mol. The van der Waals surface area contributed by atoms with Crippen LogP contribution in [0.25, 0.3) is 0 Å². The molecule has 0 saturated heterocycles. The van der Waals surface area contributed by atoms with Gasteiger partial charge in [-0.25, -0.2) is 0 Å². The first kappa shape index (κ1) is 14.3. The molecule has 7 nitrogen and oxygen atoms in total. The van der Waals surface area contributed by atoms with Gasteiger partial charge < -0.3 is 4.79 Å². The van der Waals surface area contributed by atoms with Crippen molar-refractivity contribution in [3.63, 3.8) is 0 Å². The van der Waals surface area contributed by atoms with E-state index < -0.39 is 26.0 Å². The van der Waals surface area contributed by atoms with E-state index in [1.807, 2.05) is 0 Å². The molecule has 0 radical (unpaired) electrons. The highest BCUT2D eigenvalue weighted by Crippen LogP contribution is 2.27. The number of hydrogen-bond acceptors (Lipinski definition) is 5. The van der Waals surface area contributed by atoms with Crippen LogP contribution in [-0.4, -0.2) is 24.2 Å². The van der Waals surface area contributed by atoms with Crippen molar-refractivity contribution in [3.8, 4) is 0 Å². The van der Waals surface area contributed by atoms with Crippen LogP contribution in [0, 0.1) is 10.1 Å². The number of benzene rings is 1. The molecule has 0 amide bonds. The van der Waals surface area contributed by atoms with Gasteiger partial charge in [-0.2, -0.15) is 8.42 Å². The van der Waals surface area contributed by atoms with Gasteiger partial charge in [0.05, 0.1) is 0 Å². The minimum atomic E-state index is -4.53. The second kappa shape index (κ2) is 5.69. The van der Waals surface area contributed by atoms with Crippen LogP contribution < -0.4 is 0 Å². The van der Waals surface area contributed by atoms with Gasteiger partial charge in [0.2, 0.25) is 6.04 Å². The molecule has 8 heteroatoms. The predicted octanol–water partition coefficient (Wildman–Crippen LogP) is 1.23. The highest BCUT2D eigenvalue weighted by Gasteiger charge is 2.28. The van der Waals surface area contributed by atoms with E-state index in [4.69, 9.17) is 4.55 Å². The van der Waals surface area contributed by atoms with Gasteiger partial charge in [0, 0.05) is 23.3 Å². The van der Waals surface area contributed by atoms with Crippen molar-refractivity contribution in [1.29, 1.82) is 0 Å². The van der Waals surface area contributed by atoms with Crippen LogP contribution in [0.3, 0.4) is 0 Å². The van der Waals surface area contributed by atoms with Crippen molar-refractivity contribution in [3.05, 3.63) is 39.9 Å². The topological polar surface area (TPSA) is 115 Å². The Morgan fingerprint density at radius 3 is 2.50 bits per heavy atom. The first-order valence-electron chi connectivity index (χ1n) is 5.01. The molecule has 98 valence electrons. The lowest BCUT2D eigenvalue weighted by Gasteiger charge is -2.11. The molecule has 1 N–H and O–H groups in total. The Kier molecular flexibility index (Phi) is 4.51. The summed E-state index contributed by atoms with van der Waals surface area (Å²) in [4.78, 5) is 20.0. The summed E-state index contributed by atoms with van der Waals surface area (Å²) in [5.74, 6) is 0. The Balaban J connectivity index is 3.28. The molecule has 0 fully saturated rings. The van der Waals surface area contributed by atoms with Crippen LogP contribution in [-0.2, 0) is 14.9 Å². The van der Waals surface area contributed by atoms with Crippen molar-refractivity contribution in [1.82, 2.24) is 0 Å². The van der Waals surface area contributed by atoms with Gasteiger partial charge in [0.25, 0.3) is 10.1 Å². The number of carbonyl (C=O) groups is 1. The lowest BCUT2D eigenvalue weighted by molar-refractivity contribution is -0.530. The van der Waals surface area contributed by atoms with E-state index in [0.29, 0.717) is 6.29 Å². The Morgan fingerprint density at radius 1 is 1.39 bits per heavy atom. The number of nitrogens with zero attached hydrogens (tertiary/aromatic N) is 1. The maximum absolute atomic E-state index is 11.1. The van der Waals surface area contributed by atoms with Crippen molar-refractivity contribution in [2.24, 2.45) is 0 Å². The average Bonchev–Trinajstić information content (AvgIpc) is 2.28. The summed E-state index contributed by atoms with van der Waals surface area (Å²) in [5, 5.41) is 10.9. The number of nitro groups is 1. The summed E-state index contributed by atoms with van der Waals surface area (Å²) in [7, 11) is -4.53. The number of rotatable bonds is 6. The van der Waals surface area contributed by atoms with Gasteiger partial charge in [0.1, 0.15) is 11.2 Å². The van der Waals surface area contributed by atoms with E-state index in [1.54, 1.807) is 0 Å². The summed E-state index contributed by atoms with van der Waals surface area (Å²) in [6, 6.07) is 3.78. The van der Waals surface area contributed by atoms with Crippen LogP contribution in [0.5, 0.6) is 0 Å². The summed E-state index contributed by atoms with van der Waals surface area (Å²) in [6.07, 6.45) is 0.334. The molecule has 0 aliphatic carbocycles. The Labute approximate surface area is 103 Å². The lowest BCUT2D eigenvalue weighted by atomic mass is 10.0. The van der Waals surface area contributed by atoms with E-state index in [2.05, 4.69) is 0 Å². The van der Waals surface area contributed by atoms with Crippen LogP contribution in [0.4, 0.5) is 0 Å². The first-order chi connectivity index (χ1) is 8.38. The zero-order chi connectivity index (χ0) is 13.8. The standard InChI is InChI=1S/C10H11NO6S/c12-7-3-5-9(11(13)14)8-4-1-2-6-10(8)18(15,16)17/h1-2,4,6-7,9H,3,5H2,(H,15,16,17). The molecule has 0 heterocycles. The van der Waals surface area contributed by atoms with Gasteiger partial charge in [-0.1, -0.05) is 18.2 Å². The Morgan fingerprint density at radius 2 is 2.00 bits per heavy atom. The highest BCUT2D eigenvalue weighted by atomic mass is 32.2. The average molecular weight is 273 g/mol. The normalized spacial score (nSPS) is 12.9. The number of carbonyl (C=O) groups excluding carboxylic acids is 1. The fraction of sp³-hybridized carbons (Fsp3) is 0.300. The van der Waals surface area contributed by atoms with E-state index in [9.17, 15) is 23.3 Å². The summed E-state index contributed by atoms with van der Waals surface area (Å²) >= 11 is 0. The van der Waals surface area contributed by atoms with Gasteiger partial charge in [-0.05, 0) is 6.07 Å². The second-order valence-corrected chi connectivity index (χ2v) is 4.95. The van der Waals surface area contributed by atoms with Crippen LogP contribution in [0.15, 0.2) is 29.2 Å². The van der Waals surface area contributed by atoms with E-state index in [0.717, 1.165) is 6.07 Å². The van der Waals surface area contributed by atoms with Gasteiger partial charge in [-0.15, -0.1) is 0 Å². The minimum Gasteiger partial charge on any atom is -0.303 e. The number of aldehydes is 1. The molecule has 0 spiro atoms. The molecule has 0 bridgehead atoms. The van der Waals surface area contributed by atoms with Gasteiger partial charge >= 0.3 is 0 Å². The summed E-state index contributed by atoms with van der Waals surface area (Å²) < 4.78 is 31.2. The van der Waals surface area contributed by atoms with Gasteiger partial charge in [-0.3, -0.25) is 14.7 Å². The van der Waals surface area contributed by atoms with E-state index >= 15 is 0 Å². The molecule has 1 aromatic carbocycles. The second-order valence-electron chi connectivity index (χ2n) is 3.56. The molecule has 1 aromatic rings. The molecule has 1 rings (SSSR count). The molecule has 0 aromatic heterocycles. The molecule has 1 unspecified atom stereocenters. The lowest BCUT2D eigenvalue weighted by Crippen LogP contribution is -2.15. The van der Waals surface area contributed by atoms with E-state index in [-0.39, 0.29) is 18.4 Å². The molecule has 0 saturated carbocycles. The highest BCUT2D eigenvalue weighted by molar-refractivity contribution is 7.85. The molecule has 0 aliphatic rings. The third-order valence-corrected chi connectivity index (χ3v) is 3.30. The number of hydrogen-bond donors (Lipinski definition) is 1. The summed E-state index contributed by atoms with van der Waals surface area (Å²) in [6.45, 7) is 0. The van der Waals surface area contributed by atoms with Crippen molar-refractivity contribution in [2.45, 2.75) is 23.8 Å². The molecular formula is C10H11NO6S. The fourth-order valence-electron chi connectivity index (χ4n) is 1.59. The van der Waals surface area contributed by atoms with Crippen molar-refractivity contribution in [2.75, 3.05) is 0 Å². The zero-order valence-corrected chi connectivity index (χ0v) is 10.0. The molecule has 1 atom stereocenters. The van der Waals surface area contributed by atoms with Crippen LogP contribution >= 0.6 is 0 Å². The largest absolute Gasteiger partial charge is 0.303 e. The fourth-order valence-corrected chi connectivity index (χ4v) is 2.34. The summed E-state index contributed by atoms with van der Waals surface area (Å²) in [5.41, 5.74) is -0.119. The SMILES string of the molecule is O=CCCC(c1ccccc1S(=O)(=O)O)[N+](=O)[O-]. The van der Waals surface area contributed by atoms with Gasteiger partial charge in [0.15, 0.2) is 0 Å². The van der Waals surface area contributed by atoms with Crippen molar-refractivity contribution < 1.29 is 22.7 Å². The maximum atomic E-state index is 11.1. The smallest absolute Gasteiger partial charge is 0.295 e. The quantitative estimate of drug-likeness (QED) is 0.361. The molecule has 0 aliphatic heterocycles. The van der Waals surface area contributed by atoms with Crippen molar-refractivity contribution >= 4 is 16.4 Å². The zero-order valence-electron chi connectivity index (χ0n) is 9.22. The Hall–Kier alpha value is -1.80. The maximum Gasteiger partial charge on any atom is 0.295 e. The third-order valence-electron chi connectivity index (χ3n) is 2.37. The van der Waals surface area contributed by atoms with E-state index in [1.165, 1.54) is 18.2 Å². The minimum absolute atomic E-state index is 0.0640. The Bertz CT molecular complexity index is 553. The molecule has 18 heavy (non-hydrogen) atoms. The predicted molar refractivity (Wildman–Crippen MR) is 61.3 cm³/mol. The monoisotopic (exact) mass is 273 g/mol.